The predicted octanol–water partition coefficient (Wildman–Crippen LogP) is 2.20. The average molecular weight is 511 g/mol. The van der Waals surface area contributed by atoms with Crippen LogP contribution in [0.3, 0.4) is 0 Å². The van der Waals surface area contributed by atoms with Gasteiger partial charge in [0.05, 0.1) is 6.54 Å². The largest absolute Gasteiger partial charge is 0.359 e. The lowest BCUT2D eigenvalue weighted by Gasteiger charge is -2.34. The van der Waals surface area contributed by atoms with Gasteiger partial charge in [0.1, 0.15) is 12.1 Å². The molecule has 2 N–H and O–H groups in total. The second-order valence-corrected chi connectivity index (χ2v) is 6.97. The number of amides is 1. The Morgan fingerprint density at radius 3 is 2.76 bits per heavy atom. The molecule has 1 fully saturated rings. The molecule has 29 heavy (non-hydrogen) atoms. The Kier molecular flexibility index (Phi) is 9.36. The molecular weight excluding hydrogens is 481 g/mol. The van der Waals surface area contributed by atoms with E-state index in [4.69, 9.17) is 4.99 Å². The molecule has 1 aliphatic rings. The second kappa shape index (κ2) is 11.7. The highest BCUT2D eigenvalue weighted by Gasteiger charge is 2.23. The number of piperidine rings is 1. The molecule has 0 radical (unpaired) electrons. The third kappa shape index (κ3) is 6.69. The molecule has 0 spiro atoms. The Labute approximate surface area is 189 Å². The van der Waals surface area contributed by atoms with Crippen LogP contribution in [0.1, 0.15) is 31.7 Å². The van der Waals surface area contributed by atoms with Crippen molar-refractivity contribution in [2.75, 3.05) is 26.7 Å². The number of rotatable bonds is 6. The van der Waals surface area contributed by atoms with Crippen LogP contribution < -0.4 is 10.6 Å². The number of guanidine groups is 1. The van der Waals surface area contributed by atoms with E-state index in [1.165, 1.54) is 0 Å². The van der Waals surface area contributed by atoms with E-state index < -0.39 is 0 Å². The van der Waals surface area contributed by atoms with Crippen molar-refractivity contribution < 1.29 is 4.79 Å². The Hall–Kier alpha value is -2.17. The van der Waals surface area contributed by atoms with Crippen LogP contribution in [-0.2, 0) is 11.3 Å². The highest BCUT2D eigenvalue weighted by molar-refractivity contribution is 14.0. The third-order valence-electron chi connectivity index (χ3n) is 4.99. The van der Waals surface area contributed by atoms with Gasteiger partial charge in [-0.1, -0.05) is 0 Å². The lowest BCUT2D eigenvalue weighted by Crippen LogP contribution is -2.46. The summed E-state index contributed by atoms with van der Waals surface area (Å²) >= 11 is 0. The summed E-state index contributed by atoms with van der Waals surface area (Å²) in [6.45, 7) is 5.34. The molecule has 3 rings (SSSR count). The monoisotopic (exact) mass is 511 g/mol. The van der Waals surface area contributed by atoms with Crippen LogP contribution in [0.25, 0.3) is 5.82 Å². The maximum Gasteiger partial charge on any atom is 0.220 e. The number of carbonyl (C=O) groups excluding carboxylic acids is 1. The van der Waals surface area contributed by atoms with Crippen LogP contribution in [0.15, 0.2) is 42.0 Å². The summed E-state index contributed by atoms with van der Waals surface area (Å²) in [6.07, 6.45) is 9.80. The van der Waals surface area contributed by atoms with Gasteiger partial charge in [0.2, 0.25) is 5.91 Å². The van der Waals surface area contributed by atoms with Gasteiger partial charge in [-0.15, -0.1) is 24.0 Å². The normalized spacial score (nSPS) is 15.0. The van der Waals surface area contributed by atoms with Crippen molar-refractivity contribution in [3.63, 3.8) is 0 Å². The fourth-order valence-corrected chi connectivity index (χ4v) is 3.40. The smallest absolute Gasteiger partial charge is 0.220 e. The maximum atomic E-state index is 11.6. The van der Waals surface area contributed by atoms with Gasteiger partial charge in [0.25, 0.3) is 0 Å². The summed E-state index contributed by atoms with van der Waals surface area (Å²) in [5, 5.41) is 6.12. The molecule has 8 nitrogen and oxygen atoms in total. The molecule has 0 saturated carbocycles. The summed E-state index contributed by atoms with van der Waals surface area (Å²) in [7, 11) is 1.70. The minimum atomic E-state index is 0. The van der Waals surface area contributed by atoms with E-state index in [1.807, 2.05) is 22.9 Å². The summed E-state index contributed by atoms with van der Waals surface area (Å²) in [5.74, 6) is 2.36. The maximum absolute atomic E-state index is 11.6. The lowest BCUT2D eigenvalue weighted by atomic mass is 9.93. The van der Waals surface area contributed by atoms with Crippen LogP contribution in [-0.4, -0.2) is 58.0 Å². The lowest BCUT2D eigenvalue weighted by molar-refractivity contribution is -0.121. The van der Waals surface area contributed by atoms with Crippen LogP contribution >= 0.6 is 24.0 Å². The van der Waals surface area contributed by atoms with Gasteiger partial charge < -0.3 is 15.5 Å². The first-order valence-electron chi connectivity index (χ1n) is 9.86. The SMILES string of the molecule is CCNC(=NCc1ccnc(-n2ccnc2)c1)N1CCC(CC(=O)NC)CC1.I. The predicted molar refractivity (Wildman–Crippen MR) is 125 cm³/mol. The fraction of sp³-hybridized carbons (Fsp3) is 0.500. The zero-order valence-corrected chi connectivity index (χ0v) is 19.4. The van der Waals surface area contributed by atoms with E-state index >= 15 is 0 Å². The van der Waals surface area contributed by atoms with Crippen molar-refractivity contribution in [2.45, 2.75) is 32.7 Å². The van der Waals surface area contributed by atoms with Gasteiger partial charge in [-0.25, -0.2) is 15.0 Å². The van der Waals surface area contributed by atoms with Gasteiger partial charge in [0.15, 0.2) is 5.96 Å². The highest BCUT2D eigenvalue weighted by atomic mass is 127. The molecular formula is C20H30IN7O. The molecule has 0 aromatic carbocycles. The van der Waals surface area contributed by atoms with Crippen molar-refractivity contribution in [3.8, 4) is 5.82 Å². The Morgan fingerprint density at radius 1 is 1.31 bits per heavy atom. The molecule has 3 heterocycles. The minimum absolute atomic E-state index is 0. The standard InChI is InChI=1S/C20H29N7O.HI/c1-3-23-20(26-9-5-16(6-10-26)13-19(28)21-2)25-14-17-4-7-24-18(12-17)27-11-8-22-15-27;/h4,7-8,11-12,15-16H,3,5-6,9-10,13-14H2,1-2H3,(H,21,28)(H,23,25);1H. The number of aromatic nitrogens is 3. The van der Waals surface area contributed by atoms with E-state index in [0.29, 0.717) is 18.9 Å². The van der Waals surface area contributed by atoms with E-state index in [0.717, 1.165) is 49.8 Å². The first-order chi connectivity index (χ1) is 13.7. The van der Waals surface area contributed by atoms with Crippen molar-refractivity contribution in [1.29, 1.82) is 0 Å². The summed E-state index contributed by atoms with van der Waals surface area (Å²) in [5.41, 5.74) is 1.10. The van der Waals surface area contributed by atoms with E-state index in [9.17, 15) is 4.79 Å². The number of halogens is 1. The molecule has 0 unspecified atom stereocenters. The number of hydrogen-bond acceptors (Lipinski definition) is 4. The average Bonchev–Trinajstić information content (AvgIpc) is 3.27. The van der Waals surface area contributed by atoms with Gasteiger partial charge in [-0.05, 0) is 43.4 Å². The van der Waals surface area contributed by atoms with Crippen LogP contribution in [0.2, 0.25) is 0 Å². The van der Waals surface area contributed by atoms with Gasteiger partial charge in [0, 0.05) is 51.7 Å². The van der Waals surface area contributed by atoms with Gasteiger partial charge in [-0.2, -0.15) is 0 Å². The third-order valence-corrected chi connectivity index (χ3v) is 4.99. The highest BCUT2D eigenvalue weighted by Crippen LogP contribution is 2.20. The van der Waals surface area contributed by atoms with E-state index in [2.05, 4.69) is 32.4 Å². The fourth-order valence-electron chi connectivity index (χ4n) is 3.40. The Bertz CT molecular complexity index is 786. The Balaban J connectivity index is 0.00000300. The Morgan fingerprint density at radius 2 is 2.10 bits per heavy atom. The first kappa shape index (κ1) is 23.1. The number of nitrogens with one attached hydrogen (secondary N) is 2. The number of pyridine rings is 1. The number of likely N-dealkylation sites (tertiary alicyclic amines) is 1. The molecule has 0 atom stereocenters. The number of hydrogen-bond donors (Lipinski definition) is 2. The molecule has 1 amide bonds. The van der Waals surface area contributed by atoms with E-state index in [-0.39, 0.29) is 29.9 Å². The quantitative estimate of drug-likeness (QED) is 0.353. The van der Waals surface area contributed by atoms with Crippen LogP contribution in [0, 0.1) is 5.92 Å². The summed E-state index contributed by atoms with van der Waals surface area (Å²) in [6, 6.07) is 4.02. The molecule has 0 aliphatic carbocycles. The van der Waals surface area contributed by atoms with Crippen molar-refractivity contribution in [1.82, 2.24) is 30.1 Å². The van der Waals surface area contributed by atoms with Crippen molar-refractivity contribution in [2.24, 2.45) is 10.9 Å². The molecule has 0 bridgehead atoms. The zero-order chi connectivity index (χ0) is 19.8. The first-order valence-corrected chi connectivity index (χ1v) is 9.86. The van der Waals surface area contributed by atoms with Crippen molar-refractivity contribution >= 4 is 35.8 Å². The number of aliphatic imine (C=N–C) groups is 1. The minimum Gasteiger partial charge on any atom is -0.359 e. The van der Waals surface area contributed by atoms with Crippen LogP contribution in [0.4, 0.5) is 0 Å². The van der Waals surface area contributed by atoms with Gasteiger partial charge in [-0.3, -0.25) is 9.36 Å². The van der Waals surface area contributed by atoms with Crippen LogP contribution in [0.5, 0.6) is 0 Å². The van der Waals surface area contributed by atoms with Gasteiger partial charge >= 0.3 is 0 Å². The number of carbonyl (C=O) groups is 1. The molecule has 158 valence electrons. The molecule has 9 heteroatoms. The summed E-state index contributed by atoms with van der Waals surface area (Å²) < 4.78 is 1.88. The molecule has 2 aromatic heterocycles. The molecule has 1 saturated heterocycles. The second-order valence-electron chi connectivity index (χ2n) is 6.97. The van der Waals surface area contributed by atoms with Crippen molar-refractivity contribution in [3.05, 3.63) is 42.6 Å². The molecule has 2 aromatic rings. The summed E-state index contributed by atoms with van der Waals surface area (Å²) in [4.78, 5) is 27.2. The van der Waals surface area contributed by atoms with E-state index in [1.54, 1.807) is 25.8 Å². The molecule has 1 aliphatic heterocycles. The number of nitrogens with zero attached hydrogens (tertiary/aromatic N) is 5. The topological polar surface area (TPSA) is 87.4 Å². The number of imidazole rings is 1. The zero-order valence-electron chi connectivity index (χ0n) is 17.0.